The molecule has 3 aromatic rings. The fraction of sp³-hybridized carbons (Fsp3) is 0.333. The van der Waals surface area contributed by atoms with Gasteiger partial charge in [0.15, 0.2) is 0 Å². The van der Waals surface area contributed by atoms with Crippen LogP contribution in [0.2, 0.25) is 5.02 Å². The maximum Gasteiger partial charge on any atom is 0.242 e. The summed E-state index contributed by atoms with van der Waals surface area (Å²) in [4.78, 5) is 28.5. The van der Waals surface area contributed by atoms with Crippen LogP contribution in [0.4, 0.5) is 5.69 Å². The number of rotatable bonds is 12. The van der Waals surface area contributed by atoms with E-state index in [4.69, 9.17) is 11.6 Å². The van der Waals surface area contributed by atoms with Crippen molar-refractivity contribution in [2.75, 3.05) is 24.2 Å². The largest absolute Gasteiger partial charge is 0.357 e. The minimum absolute atomic E-state index is 0.0692. The molecule has 0 spiro atoms. The number of carbonyl (C=O) groups is 2. The van der Waals surface area contributed by atoms with E-state index >= 15 is 0 Å². The lowest BCUT2D eigenvalue weighted by atomic mass is 10.0. The van der Waals surface area contributed by atoms with Gasteiger partial charge in [-0.1, -0.05) is 72.3 Å². The van der Waals surface area contributed by atoms with Crippen LogP contribution >= 0.6 is 11.6 Å². The second-order valence-corrected chi connectivity index (χ2v) is 11.9. The highest BCUT2D eigenvalue weighted by molar-refractivity contribution is 7.92. The molecule has 0 aliphatic carbocycles. The highest BCUT2D eigenvalue weighted by atomic mass is 35.5. The van der Waals surface area contributed by atoms with Crippen molar-refractivity contribution in [1.82, 2.24) is 10.2 Å². The topological polar surface area (TPSA) is 86.8 Å². The average Bonchev–Trinajstić information content (AvgIpc) is 2.91. The number of carbonyl (C=O) groups excluding carboxylic acids is 2. The first-order valence-corrected chi connectivity index (χ1v) is 15.1. The van der Waals surface area contributed by atoms with Crippen molar-refractivity contribution in [1.29, 1.82) is 0 Å². The van der Waals surface area contributed by atoms with Crippen LogP contribution in [-0.2, 0) is 32.6 Å². The second kappa shape index (κ2) is 13.6. The number of nitrogens with one attached hydrogen (secondary N) is 1. The molecule has 3 aromatic carbocycles. The summed E-state index contributed by atoms with van der Waals surface area (Å²) in [5, 5.41) is 3.18. The maximum absolute atomic E-state index is 13.8. The minimum atomic E-state index is -3.62. The number of aryl methyl sites for hydroxylation is 1. The lowest BCUT2D eigenvalue weighted by Crippen LogP contribution is -2.50. The van der Waals surface area contributed by atoms with Crippen molar-refractivity contribution >= 4 is 39.1 Å². The number of benzene rings is 3. The van der Waals surface area contributed by atoms with E-state index in [1.807, 2.05) is 61.5 Å². The van der Waals surface area contributed by atoms with Crippen LogP contribution < -0.4 is 9.62 Å². The molecule has 0 fully saturated rings. The first kappa shape index (κ1) is 30.2. The van der Waals surface area contributed by atoms with Gasteiger partial charge in [0.1, 0.15) is 6.04 Å². The third-order valence-corrected chi connectivity index (χ3v) is 8.37. The molecule has 7 nitrogen and oxygen atoms in total. The van der Waals surface area contributed by atoms with Gasteiger partial charge in [-0.3, -0.25) is 13.9 Å². The van der Waals surface area contributed by atoms with Gasteiger partial charge in [-0.05, 0) is 54.7 Å². The molecular weight excluding hydrogens is 534 g/mol. The Labute approximate surface area is 236 Å². The van der Waals surface area contributed by atoms with Gasteiger partial charge in [0.25, 0.3) is 0 Å². The summed E-state index contributed by atoms with van der Waals surface area (Å²) in [5.74, 6) is -0.479. The second-order valence-electron chi connectivity index (χ2n) is 9.59. The van der Waals surface area contributed by atoms with Gasteiger partial charge >= 0.3 is 0 Å². The van der Waals surface area contributed by atoms with Crippen molar-refractivity contribution in [3.8, 4) is 0 Å². The summed E-state index contributed by atoms with van der Waals surface area (Å²) >= 11 is 6.25. The molecule has 0 aliphatic heterocycles. The lowest BCUT2D eigenvalue weighted by molar-refractivity contribution is -0.141. The zero-order valence-electron chi connectivity index (χ0n) is 22.9. The van der Waals surface area contributed by atoms with Gasteiger partial charge in [0.05, 0.1) is 11.9 Å². The van der Waals surface area contributed by atoms with Gasteiger partial charge in [0, 0.05) is 38.0 Å². The minimum Gasteiger partial charge on any atom is -0.357 e. The van der Waals surface area contributed by atoms with E-state index in [2.05, 4.69) is 5.32 Å². The molecule has 0 unspecified atom stereocenters. The number of amides is 2. The Kier molecular flexibility index (Phi) is 10.5. The molecule has 3 rings (SSSR count). The zero-order chi connectivity index (χ0) is 28.6. The average molecular weight is 570 g/mol. The van der Waals surface area contributed by atoms with E-state index in [0.717, 1.165) is 22.9 Å². The fourth-order valence-electron chi connectivity index (χ4n) is 4.54. The maximum atomic E-state index is 13.8. The molecule has 9 heteroatoms. The fourth-order valence-corrected chi connectivity index (χ4v) is 5.73. The Hall–Kier alpha value is -3.36. The Morgan fingerprint density at radius 2 is 1.62 bits per heavy atom. The van der Waals surface area contributed by atoms with Crippen LogP contribution in [0.3, 0.4) is 0 Å². The quantitative estimate of drug-likeness (QED) is 0.336. The molecule has 0 saturated heterocycles. The highest BCUT2D eigenvalue weighted by Gasteiger charge is 2.30. The van der Waals surface area contributed by atoms with Gasteiger partial charge < -0.3 is 10.2 Å². The third kappa shape index (κ3) is 8.07. The molecule has 0 aliphatic rings. The molecular formula is C30H36ClN3O4S. The molecule has 208 valence electrons. The smallest absolute Gasteiger partial charge is 0.242 e. The molecule has 0 saturated carbocycles. The Morgan fingerprint density at radius 3 is 2.26 bits per heavy atom. The molecule has 0 aromatic heterocycles. The van der Waals surface area contributed by atoms with Gasteiger partial charge in [-0.15, -0.1) is 0 Å². The van der Waals surface area contributed by atoms with Crippen molar-refractivity contribution in [2.45, 2.75) is 45.7 Å². The summed E-state index contributed by atoms with van der Waals surface area (Å²) in [6.07, 6.45) is 1.84. The first-order valence-electron chi connectivity index (χ1n) is 12.8. The van der Waals surface area contributed by atoms with Crippen LogP contribution in [0.1, 0.15) is 35.1 Å². The Morgan fingerprint density at radius 1 is 0.949 bits per heavy atom. The normalized spacial score (nSPS) is 12.0. The number of hydrogen-bond donors (Lipinski definition) is 1. The number of anilines is 1. The lowest BCUT2D eigenvalue weighted by Gasteiger charge is -2.32. The Balaban J connectivity index is 1.87. The van der Waals surface area contributed by atoms with Crippen molar-refractivity contribution in [3.05, 3.63) is 100 Å². The highest BCUT2D eigenvalue weighted by Crippen LogP contribution is 2.28. The van der Waals surface area contributed by atoms with Crippen LogP contribution in [-0.4, -0.2) is 51.0 Å². The van der Waals surface area contributed by atoms with E-state index in [0.29, 0.717) is 22.7 Å². The number of likely N-dealkylation sites (N-methyl/N-ethyl adjacent to an activating group) is 1. The van der Waals surface area contributed by atoms with E-state index in [1.54, 1.807) is 37.1 Å². The monoisotopic (exact) mass is 569 g/mol. The van der Waals surface area contributed by atoms with Gasteiger partial charge in [0.2, 0.25) is 21.8 Å². The van der Waals surface area contributed by atoms with Gasteiger partial charge in [-0.2, -0.15) is 0 Å². The van der Waals surface area contributed by atoms with Crippen molar-refractivity contribution in [3.63, 3.8) is 0 Å². The van der Waals surface area contributed by atoms with Crippen LogP contribution in [0.25, 0.3) is 0 Å². The molecule has 1 atom stereocenters. The number of sulfonamides is 1. The van der Waals surface area contributed by atoms with E-state index in [-0.39, 0.29) is 37.7 Å². The standard InChI is InChI=1S/C30H36ClN3O4S/c1-22-12-8-9-15-25(22)21-33(28(30(36)32-3)20-24-13-6-5-7-14-24)29(35)18-11-19-34(39(4,37)38)27-17-10-16-26(31)23(27)2/h5-10,12-17,28H,11,18-21H2,1-4H3,(H,32,36)/t28-/m0/s1. The van der Waals surface area contributed by atoms with E-state index in [9.17, 15) is 18.0 Å². The molecule has 0 heterocycles. The number of nitrogens with zero attached hydrogens (tertiary/aromatic N) is 2. The van der Waals surface area contributed by atoms with Crippen molar-refractivity contribution < 1.29 is 18.0 Å². The molecule has 0 radical (unpaired) electrons. The molecule has 0 bridgehead atoms. The van der Waals surface area contributed by atoms with Crippen LogP contribution in [0.15, 0.2) is 72.8 Å². The number of halogens is 1. The first-order chi connectivity index (χ1) is 18.5. The third-order valence-electron chi connectivity index (χ3n) is 6.78. The van der Waals surface area contributed by atoms with Crippen LogP contribution in [0, 0.1) is 13.8 Å². The van der Waals surface area contributed by atoms with Crippen molar-refractivity contribution in [2.24, 2.45) is 0 Å². The predicted octanol–water partition coefficient (Wildman–Crippen LogP) is 4.89. The van der Waals surface area contributed by atoms with E-state index in [1.165, 1.54) is 4.31 Å². The van der Waals surface area contributed by atoms with Crippen LogP contribution in [0.5, 0.6) is 0 Å². The van der Waals surface area contributed by atoms with E-state index < -0.39 is 16.1 Å². The summed E-state index contributed by atoms with van der Waals surface area (Å²) in [6, 6.07) is 21.7. The Bertz CT molecular complexity index is 1400. The molecule has 39 heavy (non-hydrogen) atoms. The predicted molar refractivity (Wildman–Crippen MR) is 157 cm³/mol. The molecule has 2 amide bonds. The SMILES string of the molecule is CNC(=O)[C@H](Cc1ccccc1)N(Cc1ccccc1C)C(=O)CCCN(c1cccc(Cl)c1C)S(C)(=O)=O. The summed E-state index contributed by atoms with van der Waals surface area (Å²) < 4.78 is 26.6. The summed E-state index contributed by atoms with van der Waals surface area (Å²) in [5.41, 5.74) is 4.04. The summed E-state index contributed by atoms with van der Waals surface area (Å²) in [7, 11) is -2.05. The molecule has 1 N–H and O–H groups in total. The van der Waals surface area contributed by atoms with Gasteiger partial charge in [-0.25, -0.2) is 8.42 Å². The number of hydrogen-bond acceptors (Lipinski definition) is 4. The summed E-state index contributed by atoms with van der Waals surface area (Å²) in [6.45, 7) is 4.11. The zero-order valence-corrected chi connectivity index (χ0v) is 24.4.